The molecule has 3 atom stereocenters. The van der Waals surface area contributed by atoms with Crippen molar-refractivity contribution < 1.29 is 9.53 Å². The summed E-state index contributed by atoms with van der Waals surface area (Å²) in [4.78, 5) is 11.9. The number of hydrogen-bond donors (Lipinski definition) is 2. The van der Waals surface area contributed by atoms with Crippen LogP contribution in [0.4, 0.5) is 0 Å². The van der Waals surface area contributed by atoms with E-state index < -0.39 is 0 Å². The van der Waals surface area contributed by atoms with E-state index in [1.165, 1.54) is 0 Å². The van der Waals surface area contributed by atoms with Crippen LogP contribution in [0.25, 0.3) is 0 Å². The summed E-state index contributed by atoms with van der Waals surface area (Å²) in [5, 5.41) is 3.01. The fourth-order valence-corrected chi connectivity index (χ4v) is 1.79. The van der Waals surface area contributed by atoms with Crippen LogP contribution in [-0.4, -0.2) is 31.7 Å². The Morgan fingerprint density at radius 3 is 2.69 bits per heavy atom. The quantitative estimate of drug-likeness (QED) is 0.677. The van der Waals surface area contributed by atoms with E-state index in [9.17, 15) is 4.79 Å². The number of carbonyl (C=O) groups is 1. The van der Waals surface area contributed by atoms with Gasteiger partial charge in [0.1, 0.15) is 0 Å². The second-order valence-corrected chi connectivity index (χ2v) is 4.71. The average molecular weight is 226 g/mol. The fraction of sp³-hybridized carbons (Fsp3) is 0.750. The molecule has 0 fully saturated rings. The molecule has 0 bridgehead atoms. The van der Waals surface area contributed by atoms with Gasteiger partial charge >= 0.3 is 0 Å². The van der Waals surface area contributed by atoms with E-state index in [2.05, 4.69) is 19.2 Å². The molecule has 0 aromatic heterocycles. The Hall–Kier alpha value is -0.870. The molecular weight excluding hydrogens is 204 g/mol. The summed E-state index contributed by atoms with van der Waals surface area (Å²) in [7, 11) is 1.65. The summed E-state index contributed by atoms with van der Waals surface area (Å²) in [6.45, 7) is 4.69. The molecule has 3 N–H and O–H groups in total. The number of amides is 1. The number of rotatable bonds is 5. The summed E-state index contributed by atoms with van der Waals surface area (Å²) < 4.78 is 5.09. The van der Waals surface area contributed by atoms with Crippen LogP contribution in [0, 0.1) is 11.8 Å². The Morgan fingerprint density at radius 1 is 1.56 bits per heavy atom. The summed E-state index contributed by atoms with van der Waals surface area (Å²) in [5.74, 6) is 0.344. The van der Waals surface area contributed by atoms with E-state index in [4.69, 9.17) is 10.5 Å². The Labute approximate surface area is 97.2 Å². The van der Waals surface area contributed by atoms with Crippen LogP contribution in [-0.2, 0) is 9.53 Å². The molecule has 16 heavy (non-hydrogen) atoms. The summed E-state index contributed by atoms with van der Waals surface area (Å²) in [5.41, 5.74) is 5.72. The van der Waals surface area contributed by atoms with Crippen molar-refractivity contribution in [2.24, 2.45) is 17.6 Å². The van der Waals surface area contributed by atoms with Gasteiger partial charge in [-0.1, -0.05) is 26.0 Å². The normalized spacial score (nSPS) is 26.1. The highest BCUT2D eigenvalue weighted by molar-refractivity contribution is 5.81. The first-order valence-electron chi connectivity index (χ1n) is 5.77. The molecule has 0 aromatic carbocycles. The monoisotopic (exact) mass is 226 g/mol. The third-order valence-corrected chi connectivity index (χ3v) is 2.93. The third-order valence-electron chi connectivity index (χ3n) is 2.93. The molecule has 0 saturated heterocycles. The second-order valence-electron chi connectivity index (χ2n) is 4.71. The zero-order valence-electron chi connectivity index (χ0n) is 10.3. The lowest BCUT2D eigenvalue weighted by atomic mass is 10.0. The van der Waals surface area contributed by atoms with Crippen molar-refractivity contribution in [3.63, 3.8) is 0 Å². The second kappa shape index (κ2) is 6.01. The predicted molar refractivity (Wildman–Crippen MR) is 63.9 cm³/mol. The summed E-state index contributed by atoms with van der Waals surface area (Å²) >= 11 is 0. The van der Waals surface area contributed by atoms with Crippen molar-refractivity contribution >= 4 is 5.91 Å². The first-order chi connectivity index (χ1) is 7.54. The third kappa shape index (κ3) is 3.61. The molecule has 3 unspecified atom stereocenters. The molecule has 0 heterocycles. The highest BCUT2D eigenvalue weighted by Gasteiger charge is 2.25. The molecule has 1 aliphatic rings. The van der Waals surface area contributed by atoms with Crippen molar-refractivity contribution in [3.8, 4) is 0 Å². The van der Waals surface area contributed by atoms with E-state index in [-0.39, 0.29) is 23.9 Å². The van der Waals surface area contributed by atoms with Crippen LogP contribution in [0.3, 0.4) is 0 Å². The maximum Gasteiger partial charge on any atom is 0.227 e. The van der Waals surface area contributed by atoms with Gasteiger partial charge in [-0.2, -0.15) is 0 Å². The van der Waals surface area contributed by atoms with Crippen LogP contribution in [0.15, 0.2) is 12.2 Å². The van der Waals surface area contributed by atoms with Gasteiger partial charge in [0.25, 0.3) is 0 Å². The van der Waals surface area contributed by atoms with Gasteiger partial charge in [0, 0.05) is 13.2 Å². The highest BCUT2D eigenvalue weighted by atomic mass is 16.5. The van der Waals surface area contributed by atoms with Crippen molar-refractivity contribution in [2.75, 3.05) is 13.7 Å². The van der Waals surface area contributed by atoms with Crippen LogP contribution in [0.2, 0.25) is 0 Å². The van der Waals surface area contributed by atoms with Gasteiger partial charge in [0.2, 0.25) is 5.91 Å². The van der Waals surface area contributed by atoms with E-state index in [0.717, 1.165) is 0 Å². The lowest BCUT2D eigenvalue weighted by Crippen LogP contribution is -2.44. The van der Waals surface area contributed by atoms with Gasteiger partial charge in [0.05, 0.1) is 18.6 Å². The van der Waals surface area contributed by atoms with E-state index in [0.29, 0.717) is 18.9 Å². The van der Waals surface area contributed by atoms with Gasteiger partial charge in [-0.3, -0.25) is 4.79 Å². The lowest BCUT2D eigenvalue weighted by molar-refractivity contribution is -0.125. The zero-order chi connectivity index (χ0) is 12.1. The highest BCUT2D eigenvalue weighted by Crippen LogP contribution is 2.17. The average Bonchev–Trinajstić information content (AvgIpc) is 2.64. The van der Waals surface area contributed by atoms with E-state index >= 15 is 0 Å². The van der Waals surface area contributed by atoms with Crippen LogP contribution >= 0.6 is 0 Å². The van der Waals surface area contributed by atoms with Gasteiger partial charge < -0.3 is 15.8 Å². The Kier molecular flexibility index (Phi) is 4.96. The summed E-state index contributed by atoms with van der Waals surface area (Å²) in [6.07, 6.45) is 4.50. The minimum absolute atomic E-state index is 0.0238. The number of nitrogens with one attached hydrogen (secondary N) is 1. The molecule has 0 radical (unpaired) electrons. The molecule has 1 rings (SSSR count). The molecular formula is C12H22N2O2. The number of carbonyl (C=O) groups excluding carboxylic acids is 1. The smallest absolute Gasteiger partial charge is 0.227 e. The molecule has 0 saturated carbocycles. The van der Waals surface area contributed by atoms with Gasteiger partial charge in [-0.15, -0.1) is 0 Å². The molecule has 92 valence electrons. The Morgan fingerprint density at radius 2 is 2.25 bits per heavy atom. The Bertz CT molecular complexity index is 264. The Balaban J connectivity index is 2.45. The van der Waals surface area contributed by atoms with E-state index in [1.54, 1.807) is 7.11 Å². The minimum Gasteiger partial charge on any atom is -0.383 e. The SMILES string of the molecule is COCC(NC(=O)C1C=CC(N)C1)C(C)C. The summed E-state index contributed by atoms with van der Waals surface area (Å²) in [6, 6.07) is 0.0957. The van der Waals surface area contributed by atoms with Crippen molar-refractivity contribution in [3.05, 3.63) is 12.2 Å². The van der Waals surface area contributed by atoms with E-state index in [1.807, 2.05) is 12.2 Å². The molecule has 1 aliphatic carbocycles. The van der Waals surface area contributed by atoms with Gasteiger partial charge in [0.15, 0.2) is 0 Å². The van der Waals surface area contributed by atoms with Crippen molar-refractivity contribution in [1.82, 2.24) is 5.32 Å². The number of ether oxygens (including phenoxy) is 1. The lowest BCUT2D eigenvalue weighted by Gasteiger charge is -2.23. The fourth-order valence-electron chi connectivity index (χ4n) is 1.79. The topological polar surface area (TPSA) is 64.3 Å². The van der Waals surface area contributed by atoms with Crippen LogP contribution in [0.1, 0.15) is 20.3 Å². The molecule has 0 aromatic rings. The maximum atomic E-state index is 11.9. The first-order valence-corrected chi connectivity index (χ1v) is 5.77. The number of nitrogens with two attached hydrogens (primary N) is 1. The molecule has 4 heteroatoms. The number of methoxy groups -OCH3 is 1. The van der Waals surface area contributed by atoms with Crippen LogP contribution in [0.5, 0.6) is 0 Å². The molecule has 0 spiro atoms. The van der Waals surface area contributed by atoms with Gasteiger partial charge in [-0.05, 0) is 12.3 Å². The first kappa shape index (κ1) is 13.2. The molecule has 1 amide bonds. The predicted octanol–water partition coefficient (Wildman–Crippen LogP) is 0.677. The zero-order valence-corrected chi connectivity index (χ0v) is 10.3. The molecule has 4 nitrogen and oxygen atoms in total. The number of hydrogen-bond acceptors (Lipinski definition) is 3. The largest absolute Gasteiger partial charge is 0.383 e. The molecule has 0 aliphatic heterocycles. The van der Waals surface area contributed by atoms with Crippen molar-refractivity contribution in [2.45, 2.75) is 32.4 Å². The van der Waals surface area contributed by atoms with Gasteiger partial charge in [-0.25, -0.2) is 0 Å². The van der Waals surface area contributed by atoms with Crippen molar-refractivity contribution in [1.29, 1.82) is 0 Å². The minimum atomic E-state index is -0.0758. The standard InChI is InChI=1S/C12H22N2O2/c1-8(2)11(7-16-3)14-12(15)9-4-5-10(13)6-9/h4-5,8-11H,6-7,13H2,1-3H3,(H,14,15). The maximum absolute atomic E-state index is 11.9. The van der Waals surface area contributed by atoms with Crippen LogP contribution < -0.4 is 11.1 Å².